The maximum Gasteiger partial charge on any atom is 0.419 e. The molecule has 1 N–H and O–H groups in total. The predicted molar refractivity (Wildman–Crippen MR) is 121 cm³/mol. The van der Waals surface area contributed by atoms with Crippen molar-refractivity contribution in [2.24, 2.45) is 0 Å². The summed E-state index contributed by atoms with van der Waals surface area (Å²) in [7, 11) is 0. The van der Waals surface area contributed by atoms with Crippen LogP contribution in [-0.4, -0.2) is 46.8 Å². The van der Waals surface area contributed by atoms with E-state index in [9.17, 15) is 27.2 Å². The van der Waals surface area contributed by atoms with Gasteiger partial charge in [-0.15, -0.1) is 0 Å². The SMILES string of the molecule is N#Cc1cncc2ncn(C3CCCC(Nc4ncc(C(F)(F)F)c(-c5cnn(CC(F)F)c5)n4)C3)c12. The van der Waals surface area contributed by atoms with Gasteiger partial charge in [0.2, 0.25) is 5.95 Å². The van der Waals surface area contributed by atoms with Crippen LogP contribution in [0, 0.1) is 11.3 Å². The second kappa shape index (κ2) is 9.72. The number of pyridine rings is 1. The Balaban J connectivity index is 1.40. The van der Waals surface area contributed by atoms with E-state index in [0.29, 0.717) is 29.2 Å². The summed E-state index contributed by atoms with van der Waals surface area (Å²) in [6.07, 6.45) is 3.16. The Labute approximate surface area is 207 Å². The first kappa shape index (κ1) is 24.5. The molecule has 192 valence electrons. The van der Waals surface area contributed by atoms with E-state index >= 15 is 0 Å². The minimum atomic E-state index is -4.75. The topological polar surface area (TPSA) is 110 Å². The Morgan fingerprint density at radius 2 is 1.97 bits per heavy atom. The molecule has 4 heterocycles. The highest BCUT2D eigenvalue weighted by atomic mass is 19.4. The molecule has 1 saturated carbocycles. The second-order valence-electron chi connectivity index (χ2n) is 8.78. The van der Waals surface area contributed by atoms with E-state index in [2.05, 4.69) is 36.4 Å². The number of nitrogens with one attached hydrogen (secondary N) is 1. The van der Waals surface area contributed by atoms with Gasteiger partial charge in [-0.2, -0.15) is 23.5 Å². The van der Waals surface area contributed by atoms with Crippen molar-refractivity contribution in [3.8, 4) is 17.3 Å². The van der Waals surface area contributed by atoms with E-state index in [4.69, 9.17) is 0 Å². The number of nitriles is 1. The van der Waals surface area contributed by atoms with Crippen molar-refractivity contribution in [3.63, 3.8) is 0 Å². The Morgan fingerprint density at radius 1 is 1.14 bits per heavy atom. The monoisotopic (exact) mass is 517 g/mol. The molecule has 1 aliphatic carbocycles. The molecule has 0 radical (unpaired) electrons. The van der Waals surface area contributed by atoms with Crippen LogP contribution in [0.4, 0.5) is 27.9 Å². The molecule has 4 aromatic heterocycles. The van der Waals surface area contributed by atoms with Crippen molar-refractivity contribution in [1.29, 1.82) is 5.26 Å². The standard InChI is InChI=1S/C23H20F5N9/c24-19(25)11-36-10-14(7-33-36)20-17(23(26,27)28)8-31-22(35-20)34-15-2-1-3-16(4-15)37-12-32-18-9-30-6-13(5-29)21(18)37/h6-10,12,15-16,19H,1-4,11H2,(H,31,34,35). The van der Waals surface area contributed by atoms with E-state index < -0.39 is 30.4 Å². The van der Waals surface area contributed by atoms with Crippen molar-refractivity contribution in [3.05, 3.63) is 48.4 Å². The van der Waals surface area contributed by atoms with Gasteiger partial charge in [0.05, 0.1) is 35.5 Å². The van der Waals surface area contributed by atoms with Gasteiger partial charge in [-0.25, -0.2) is 23.7 Å². The van der Waals surface area contributed by atoms with Crippen LogP contribution in [-0.2, 0) is 12.7 Å². The molecule has 0 aromatic carbocycles. The quantitative estimate of drug-likeness (QED) is 0.365. The molecule has 1 aliphatic rings. The number of imidazole rings is 1. The number of hydrogen-bond donors (Lipinski definition) is 1. The smallest absolute Gasteiger partial charge is 0.351 e. The van der Waals surface area contributed by atoms with Crippen LogP contribution >= 0.6 is 0 Å². The minimum Gasteiger partial charge on any atom is -0.351 e. The lowest BCUT2D eigenvalue weighted by Crippen LogP contribution is -2.29. The van der Waals surface area contributed by atoms with Crippen molar-refractivity contribution in [2.45, 2.75) is 56.9 Å². The van der Waals surface area contributed by atoms with Gasteiger partial charge >= 0.3 is 6.18 Å². The molecule has 9 nitrogen and oxygen atoms in total. The predicted octanol–water partition coefficient (Wildman–Crippen LogP) is 4.84. The van der Waals surface area contributed by atoms with Crippen LogP contribution in [0.1, 0.15) is 42.9 Å². The molecule has 1 fully saturated rings. The first-order chi connectivity index (χ1) is 17.7. The third kappa shape index (κ3) is 5.07. The van der Waals surface area contributed by atoms with Gasteiger partial charge < -0.3 is 9.88 Å². The summed E-state index contributed by atoms with van der Waals surface area (Å²) in [4.78, 5) is 16.4. The third-order valence-corrected chi connectivity index (χ3v) is 6.30. The van der Waals surface area contributed by atoms with Crippen molar-refractivity contribution < 1.29 is 22.0 Å². The van der Waals surface area contributed by atoms with Gasteiger partial charge in [0.1, 0.15) is 23.7 Å². The van der Waals surface area contributed by atoms with Gasteiger partial charge in [0, 0.05) is 36.2 Å². The first-order valence-corrected chi connectivity index (χ1v) is 11.5. The molecule has 0 saturated heterocycles. The summed E-state index contributed by atoms with van der Waals surface area (Å²) in [6.45, 7) is -0.743. The fraction of sp³-hybridized carbons (Fsp3) is 0.391. The van der Waals surface area contributed by atoms with Crippen LogP contribution in [0.2, 0.25) is 0 Å². The van der Waals surface area contributed by atoms with Gasteiger partial charge in [0.15, 0.2) is 0 Å². The highest BCUT2D eigenvalue weighted by molar-refractivity contribution is 5.80. The number of rotatable bonds is 6. The Kier molecular flexibility index (Phi) is 6.45. The molecule has 14 heteroatoms. The minimum absolute atomic E-state index is 0.00679. The van der Waals surface area contributed by atoms with E-state index in [1.807, 2.05) is 4.57 Å². The van der Waals surface area contributed by atoms with Crippen LogP contribution in [0.15, 0.2) is 37.3 Å². The van der Waals surface area contributed by atoms with Crippen LogP contribution in [0.5, 0.6) is 0 Å². The maximum atomic E-state index is 13.7. The normalized spacial score (nSPS) is 18.3. The van der Waals surface area contributed by atoms with Crippen molar-refractivity contribution >= 4 is 17.0 Å². The average molecular weight is 517 g/mol. The summed E-state index contributed by atoms with van der Waals surface area (Å²) in [5.74, 6) is -0.00679. The zero-order valence-electron chi connectivity index (χ0n) is 19.2. The molecular weight excluding hydrogens is 497 g/mol. The zero-order chi connectivity index (χ0) is 26.2. The van der Waals surface area contributed by atoms with Crippen molar-refractivity contribution in [1.82, 2.24) is 34.3 Å². The summed E-state index contributed by atoms with van der Waals surface area (Å²) in [5.41, 5.74) is 0.147. The lowest BCUT2D eigenvalue weighted by Gasteiger charge is -2.31. The van der Waals surface area contributed by atoms with E-state index in [1.165, 1.54) is 6.20 Å². The Morgan fingerprint density at radius 3 is 2.73 bits per heavy atom. The molecule has 0 bridgehead atoms. The second-order valence-corrected chi connectivity index (χ2v) is 8.78. The Hall–Kier alpha value is -4.15. The lowest BCUT2D eigenvalue weighted by atomic mass is 9.90. The van der Waals surface area contributed by atoms with Crippen LogP contribution in [0.3, 0.4) is 0 Å². The molecule has 2 unspecified atom stereocenters. The van der Waals surface area contributed by atoms with E-state index in [-0.39, 0.29) is 23.6 Å². The van der Waals surface area contributed by atoms with Gasteiger partial charge in [-0.1, -0.05) is 0 Å². The lowest BCUT2D eigenvalue weighted by molar-refractivity contribution is -0.137. The number of halogens is 5. The zero-order valence-corrected chi connectivity index (χ0v) is 19.2. The molecule has 5 rings (SSSR count). The number of alkyl halides is 5. The number of hydrogen-bond acceptors (Lipinski definition) is 7. The van der Waals surface area contributed by atoms with Crippen molar-refractivity contribution in [2.75, 3.05) is 5.32 Å². The first-order valence-electron chi connectivity index (χ1n) is 11.5. The van der Waals surface area contributed by atoms with Crippen LogP contribution in [0.25, 0.3) is 22.3 Å². The molecule has 37 heavy (non-hydrogen) atoms. The summed E-state index contributed by atoms with van der Waals surface area (Å²) < 4.78 is 69.2. The number of nitrogens with zero attached hydrogens (tertiary/aromatic N) is 8. The third-order valence-electron chi connectivity index (χ3n) is 6.30. The largest absolute Gasteiger partial charge is 0.419 e. The molecule has 0 aliphatic heterocycles. The van der Waals surface area contributed by atoms with Gasteiger partial charge in [-0.3, -0.25) is 9.67 Å². The fourth-order valence-electron chi connectivity index (χ4n) is 4.69. The molecule has 2 atom stereocenters. The summed E-state index contributed by atoms with van der Waals surface area (Å²) in [5, 5.41) is 16.3. The molecule has 0 spiro atoms. The van der Waals surface area contributed by atoms with Gasteiger partial charge in [0.25, 0.3) is 6.43 Å². The summed E-state index contributed by atoms with van der Waals surface area (Å²) in [6, 6.07) is 1.97. The molecule has 4 aromatic rings. The number of aromatic nitrogens is 7. The maximum absolute atomic E-state index is 13.7. The highest BCUT2D eigenvalue weighted by Gasteiger charge is 2.36. The number of anilines is 1. The Bertz CT molecular complexity index is 1450. The summed E-state index contributed by atoms with van der Waals surface area (Å²) >= 11 is 0. The molecule has 0 amide bonds. The molecular formula is C23H20F5N9. The highest BCUT2D eigenvalue weighted by Crippen LogP contribution is 2.37. The average Bonchev–Trinajstić information content (AvgIpc) is 3.50. The van der Waals surface area contributed by atoms with E-state index in [0.717, 1.165) is 36.3 Å². The number of fused-ring (bicyclic) bond motifs is 1. The van der Waals surface area contributed by atoms with Gasteiger partial charge in [-0.05, 0) is 25.7 Å². The fourth-order valence-corrected chi connectivity index (χ4v) is 4.69. The van der Waals surface area contributed by atoms with Crippen LogP contribution < -0.4 is 5.32 Å². The van der Waals surface area contributed by atoms with E-state index in [1.54, 1.807) is 12.5 Å².